The predicted octanol–water partition coefficient (Wildman–Crippen LogP) is 1.39. The Balaban J connectivity index is 1.61. The highest BCUT2D eigenvalue weighted by atomic mass is 32.1. The van der Waals surface area contributed by atoms with E-state index in [1.165, 1.54) is 24.1 Å². The molecule has 0 spiro atoms. The van der Waals surface area contributed by atoms with Gasteiger partial charge in [0.2, 0.25) is 0 Å². The number of rotatable bonds is 2. The molecule has 0 aromatic carbocycles. The van der Waals surface area contributed by atoms with Crippen LogP contribution in [-0.2, 0) is 22.4 Å². The van der Waals surface area contributed by atoms with Crippen molar-refractivity contribution in [2.24, 2.45) is 0 Å². The van der Waals surface area contributed by atoms with Crippen molar-refractivity contribution in [3.05, 3.63) is 10.6 Å². The van der Waals surface area contributed by atoms with E-state index >= 15 is 0 Å². The minimum atomic E-state index is -0.604. The number of carbonyl (C=O) groups excluding carboxylic acids is 2. The highest BCUT2D eigenvalue weighted by Gasteiger charge is 2.29. The number of hydrogen-bond donors (Lipinski definition) is 2. The van der Waals surface area contributed by atoms with Crippen molar-refractivity contribution in [2.75, 3.05) is 32.1 Å². The van der Waals surface area contributed by atoms with E-state index in [1.54, 1.807) is 23.3 Å². The number of nitrogens with zero attached hydrogens (tertiary/aromatic N) is 2. The molecule has 2 aliphatic rings. The van der Waals surface area contributed by atoms with Gasteiger partial charge < -0.3 is 15.0 Å². The maximum atomic E-state index is 12.4. The SMILES string of the molecule is CNC(=O)[C@H]1CN(C(=O)Nc2nc3c(s2)CCCCC3)CCO1. The quantitative estimate of drug-likeness (QED) is 0.798. The van der Waals surface area contributed by atoms with Crippen LogP contribution >= 0.6 is 11.3 Å². The lowest BCUT2D eigenvalue weighted by Gasteiger charge is -2.31. The van der Waals surface area contributed by atoms with Crippen molar-refractivity contribution < 1.29 is 14.3 Å². The van der Waals surface area contributed by atoms with Crippen LogP contribution in [0.15, 0.2) is 0 Å². The Bertz CT molecular complexity index is 566. The predicted molar refractivity (Wildman–Crippen MR) is 87.8 cm³/mol. The van der Waals surface area contributed by atoms with E-state index in [9.17, 15) is 9.59 Å². The van der Waals surface area contributed by atoms with Crippen molar-refractivity contribution in [3.63, 3.8) is 0 Å². The average molecular weight is 338 g/mol. The van der Waals surface area contributed by atoms with E-state index in [0.717, 1.165) is 18.5 Å². The molecule has 23 heavy (non-hydrogen) atoms. The second-order valence-electron chi connectivity index (χ2n) is 5.80. The van der Waals surface area contributed by atoms with E-state index in [4.69, 9.17) is 4.74 Å². The molecule has 0 bridgehead atoms. The second kappa shape index (κ2) is 7.27. The van der Waals surface area contributed by atoms with Crippen LogP contribution in [0.5, 0.6) is 0 Å². The Labute approximate surface area is 139 Å². The fraction of sp³-hybridized carbons (Fsp3) is 0.667. The molecule has 3 rings (SSSR count). The summed E-state index contributed by atoms with van der Waals surface area (Å²) >= 11 is 1.57. The van der Waals surface area contributed by atoms with Gasteiger partial charge in [-0.05, 0) is 25.7 Å². The molecule has 2 heterocycles. The lowest BCUT2D eigenvalue weighted by Crippen LogP contribution is -2.52. The number of aromatic nitrogens is 1. The first kappa shape index (κ1) is 16.2. The minimum absolute atomic E-state index is 0.205. The highest BCUT2D eigenvalue weighted by Crippen LogP contribution is 2.29. The van der Waals surface area contributed by atoms with Crippen molar-refractivity contribution in [3.8, 4) is 0 Å². The first-order valence-corrected chi connectivity index (χ1v) is 8.86. The lowest BCUT2D eigenvalue weighted by atomic mass is 10.2. The zero-order valence-corrected chi connectivity index (χ0v) is 14.1. The molecule has 1 saturated heterocycles. The molecule has 8 heteroatoms. The molecule has 2 N–H and O–H groups in total. The second-order valence-corrected chi connectivity index (χ2v) is 6.88. The Kier molecular flexibility index (Phi) is 5.12. The third-order valence-corrected chi connectivity index (χ3v) is 5.27. The van der Waals surface area contributed by atoms with E-state index < -0.39 is 6.10 Å². The van der Waals surface area contributed by atoms with Crippen LogP contribution in [0.4, 0.5) is 9.93 Å². The molecule has 1 aliphatic heterocycles. The van der Waals surface area contributed by atoms with Gasteiger partial charge in [-0.1, -0.05) is 6.42 Å². The number of fused-ring (bicyclic) bond motifs is 1. The molecule has 0 radical (unpaired) electrons. The number of thiazole rings is 1. The fourth-order valence-electron chi connectivity index (χ4n) is 2.91. The summed E-state index contributed by atoms with van der Waals surface area (Å²) < 4.78 is 5.39. The zero-order valence-electron chi connectivity index (χ0n) is 13.3. The van der Waals surface area contributed by atoms with E-state index in [-0.39, 0.29) is 18.5 Å². The maximum absolute atomic E-state index is 12.4. The van der Waals surface area contributed by atoms with Crippen molar-refractivity contribution in [2.45, 2.75) is 38.2 Å². The van der Waals surface area contributed by atoms with E-state index in [0.29, 0.717) is 18.3 Å². The number of hydrogen-bond acceptors (Lipinski definition) is 5. The summed E-state index contributed by atoms with van der Waals surface area (Å²) in [6.45, 7) is 1.10. The molecule has 3 amide bonds. The summed E-state index contributed by atoms with van der Waals surface area (Å²) in [4.78, 5) is 31.5. The maximum Gasteiger partial charge on any atom is 0.323 e. The normalized spacial score (nSPS) is 21.3. The van der Waals surface area contributed by atoms with E-state index in [1.807, 2.05) is 0 Å². The standard InChI is InChI=1S/C15H22N4O3S/c1-16-13(20)11-9-19(7-8-22-11)15(21)18-14-17-10-5-3-2-4-6-12(10)23-14/h11H,2-9H2,1H3,(H,16,20)(H,17,18,21)/t11-/m1/s1. The molecule has 1 fully saturated rings. The molecule has 1 aromatic heterocycles. The molecule has 0 saturated carbocycles. The van der Waals surface area contributed by atoms with Crippen LogP contribution in [-0.4, -0.2) is 54.7 Å². The topological polar surface area (TPSA) is 83.6 Å². The number of carbonyl (C=O) groups is 2. The van der Waals surface area contributed by atoms with Crippen LogP contribution < -0.4 is 10.6 Å². The third-order valence-electron chi connectivity index (χ3n) is 4.20. The monoisotopic (exact) mass is 338 g/mol. The van der Waals surface area contributed by atoms with Gasteiger partial charge in [-0.15, -0.1) is 11.3 Å². The van der Waals surface area contributed by atoms with Crippen LogP contribution in [0.1, 0.15) is 29.8 Å². The third kappa shape index (κ3) is 3.81. The van der Waals surface area contributed by atoms with Gasteiger partial charge >= 0.3 is 6.03 Å². The first-order valence-electron chi connectivity index (χ1n) is 8.05. The summed E-state index contributed by atoms with van der Waals surface area (Å²) in [6.07, 6.45) is 5.06. The van der Waals surface area contributed by atoms with Gasteiger partial charge in [0.25, 0.3) is 5.91 Å². The molecule has 1 aliphatic carbocycles. The van der Waals surface area contributed by atoms with Crippen LogP contribution in [0.2, 0.25) is 0 Å². The van der Waals surface area contributed by atoms with Gasteiger partial charge in [0, 0.05) is 18.5 Å². The highest BCUT2D eigenvalue weighted by molar-refractivity contribution is 7.15. The molecule has 7 nitrogen and oxygen atoms in total. The number of morpholine rings is 1. The van der Waals surface area contributed by atoms with Crippen LogP contribution in [0, 0.1) is 0 Å². The lowest BCUT2D eigenvalue weighted by molar-refractivity contribution is -0.136. The van der Waals surface area contributed by atoms with Crippen LogP contribution in [0.25, 0.3) is 0 Å². The molecule has 1 aromatic rings. The Hall–Kier alpha value is -1.67. The van der Waals surface area contributed by atoms with Gasteiger partial charge in [0.15, 0.2) is 11.2 Å². The van der Waals surface area contributed by atoms with E-state index in [2.05, 4.69) is 15.6 Å². The molecule has 126 valence electrons. The zero-order chi connectivity index (χ0) is 16.2. The van der Waals surface area contributed by atoms with Gasteiger partial charge in [0.05, 0.1) is 18.8 Å². The molecule has 1 atom stereocenters. The molecule has 0 unspecified atom stereocenters. The number of aryl methyl sites for hydroxylation is 2. The van der Waals surface area contributed by atoms with Gasteiger partial charge in [-0.25, -0.2) is 9.78 Å². The Morgan fingerprint density at radius 3 is 2.96 bits per heavy atom. The number of nitrogens with one attached hydrogen (secondary N) is 2. The van der Waals surface area contributed by atoms with Crippen LogP contribution in [0.3, 0.4) is 0 Å². The van der Waals surface area contributed by atoms with Crippen molar-refractivity contribution in [1.82, 2.24) is 15.2 Å². The number of urea groups is 1. The minimum Gasteiger partial charge on any atom is -0.365 e. The summed E-state index contributed by atoms with van der Waals surface area (Å²) in [5.41, 5.74) is 1.13. The number of amides is 3. The van der Waals surface area contributed by atoms with Gasteiger partial charge in [-0.3, -0.25) is 10.1 Å². The summed E-state index contributed by atoms with van der Waals surface area (Å²) in [7, 11) is 1.56. The largest absolute Gasteiger partial charge is 0.365 e. The number of anilines is 1. The van der Waals surface area contributed by atoms with Crippen molar-refractivity contribution >= 4 is 28.4 Å². The smallest absolute Gasteiger partial charge is 0.323 e. The number of likely N-dealkylation sites (N-methyl/N-ethyl adjacent to an activating group) is 1. The number of ether oxygens (including phenoxy) is 1. The summed E-state index contributed by atoms with van der Waals surface area (Å²) in [5, 5.41) is 6.08. The summed E-state index contributed by atoms with van der Waals surface area (Å²) in [5.74, 6) is -0.205. The summed E-state index contributed by atoms with van der Waals surface area (Å²) in [6, 6.07) is -0.217. The first-order chi connectivity index (χ1) is 11.2. The van der Waals surface area contributed by atoms with Gasteiger partial charge in [0.1, 0.15) is 0 Å². The average Bonchev–Trinajstić information content (AvgIpc) is 2.82. The van der Waals surface area contributed by atoms with Crippen molar-refractivity contribution in [1.29, 1.82) is 0 Å². The molecular formula is C15H22N4O3S. The van der Waals surface area contributed by atoms with Gasteiger partial charge in [-0.2, -0.15) is 0 Å². The molecular weight excluding hydrogens is 316 g/mol. The Morgan fingerprint density at radius 2 is 2.13 bits per heavy atom. The Morgan fingerprint density at radius 1 is 1.30 bits per heavy atom. The fourth-order valence-corrected chi connectivity index (χ4v) is 3.95.